The van der Waals surface area contributed by atoms with Gasteiger partial charge in [-0.1, -0.05) is 20.8 Å². The maximum Gasteiger partial charge on any atom is 0.191 e. The number of nitrogens with zero attached hydrogens (tertiary/aromatic N) is 2. The molecule has 0 aromatic carbocycles. The lowest BCUT2D eigenvalue weighted by Crippen LogP contribution is -2.43. The summed E-state index contributed by atoms with van der Waals surface area (Å²) in [6, 6.07) is 0. The predicted molar refractivity (Wildman–Crippen MR) is 99.2 cm³/mol. The molecule has 0 radical (unpaired) electrons. The largest absolute Gasteiger partial charge is 0.378 e. The number of aliphatic imine (C=N–C) groups is 1. The molecule has 2 unspecified atom stereocenters. The van der Waals surface area contributed by atoms with E-state index in [9.17, 15) is 0 Å². The Morgan fingerprint density at radius 2 is 1.95 bits per heavy atom. The zero-order chi connectivity index (χ0) is 14.5. The van der Waals surface area contributed by atoms with E-state index < -0.39 is 0 Å². The average Bonchev–Trinajstić information content (AvgIpc) is 2.45. The molecule has 2 rings (SSSR count). The molecule has 0 aliphatic carbocycles. The van der Waals surface area contributed by atoms with E-state index in [0.717, 1.165) is 44.5 Å². The molecule has 2 aliphatic rings. The van der Waals surface area contributed by atoms with Gasteiger partial charge in [0, 0.05) is 32.2 Å². The standard InChI is InChI=1S/C16H31N3O.HI/c1-12(2)15-14(5-4-10-20-15)11-18-16(17)19-8-6-13(3)7-9-19;/h12-15H,4-11H2,1-3H3,(H2,17,18);1H. The van der Waals surface area contributed by atoms with E-state index in [1.54, 1.807) is 0 Å². The van der Waals surface area contributed by atoms with Crippen molar-refractivity contribution in [2.24, 2.45) is 28.5 Å². The number of hydrogen-bond acceptors (Lipinski definition) is 2. The summed E-state index contributed by atoms with van der Waals surface area (Å²) in [5.74, 6) is 2.67. The smallest absolute Gasteiger partial charge is 0.191 e. The highest BCUT2D eigenvalue weighted by atomic mass is 127. The lowest BCUT2D eigenvalue weighted by atomic mass is 9.87. The number of nitrogens with two attached hydrogens (primary N) is 1. The van der Waals surface area contributed by atoms with Crippen LogP contribution in [-0.2, 0) is 4.74 Å². The first-order chi connectivity index (χ1) is 9.58. The fraction of sp³-hybridized carbons (Fsp3) is 0.938. The quantitative estimate of drug-likeness (QED) is 0.443. The second kappa shape index (κ2) is 9.18. The topological polar surface area (TPSA) is 50.8 Å². The van der Waals surface area contributed by atoms with E-state index in [1.165, 1.54) is 19.3 Å². The van der Waals surface area contributed by atoms with Crippen LogP contribution in [0.4, 0.5) is 0 Å². The summed E-state index contributed by atoms with van der Waals surface area (Å²) < 4.78 is 5.92. The van der Waals surface area contributed by atoms with E-state index in [1.807, 2.05) is 0 Å². The molecule has 4 nitrogen and oxygen atoms in total. The zero-order valence-electron chi connectivity index (χ0n) is 13.8. The van der Waals surface area contributed by atoms with Gasteiger partial charge in [-0.15, -0.1) is 24.0 Å². The minimum absolute atomic E-state index is 0. The van der Waals surface area contributed by atoms with Crippen molar-refractivity contribution in [1.29, 1.82) is 0 Å². The fourth-order valence-electron chi connectivity index (χ4n) is 3.35. The first-order valence-corrected chi connectivity index (χ1v) is 8.24. The van der Waals surface area contributed by atoms with E-state index in [-0.39, 0.29) is 24.0 Å². The summed E-state index contributed by atoms with van der Waals surface area (Å²) in [6.07, 6.45) is 5.19. The molecule has 5 heteroatoms. The Bertz CT molecular complexity index is 327. The number of likely N-dealkylation sites (tertiary alicyclic amines) is 1. The molecule has 0 spiro atoms. The normalized spacial score (nSPS) is 28.6. The van der Waals surface area contributed by atoms with Crippen molar-refractivity contribution in [2.75, 3.05) is 26.2 Å². The van der Waals surface area contributed by atoms with Gasteiger partial charge >= 0.3 is 0 Å². The molecule has 2 fully saturated rings. The molecule has 0 amide bonds. The summed E-state index contributed by atoms with van der Waals surface area (Å²) in [5.41, 5.74) is 6.17. The van der Waals surface area contributed by atoms with E-state index in [0.29, 0.717) is 17.9 Å². The third-order valence-corrected chi connectivity index (χ3v) is 4.75. The molecule has 2 N–H and O–H groups in total. The minimum Gasteiger partial charge on any atom is -0.378 e. The molecule has 0 aromatic rings. The van der Waals surface area contributed by atoms with Gasteiger partial charge in [-0.05, 0) is 37.5 Å². The van der Waals surface area contributed by atoms with Crippen molar-refractivity contribution in [3.05, 3.63) is 0 Å². The van der Waals surface area contributed by atoms with Crippen LogP contribution in [0.25, 0.3) is 0 Å². The molecular formula is C16H32IN3O. The van der Waals surface area contributed by atoms with E-state index >= 15 is 0 Å². The highest BCUT2D eigenvalue weighted by Gasteiger charge is 2.28. The second-order valence-electron chi connectivity index (χ2n) is 6.85. The van der Waals surface area contributed by atoms with Crippen molar-refractivity contribution in [3.63, 3.8) is 0 Å². The van der Waals surface area contributed by atoms with Crippen LogP contribution in [0, 0.1) is 17.8 Å². The summed E-state index contributed by atoms with van der Waals surface area (Å²) in [7, 11) is 0. The molecule has 0 bridgehead atoms. The Balaban J connectivity index is 0.00000220. The van der Waals surface area contributed by atoms with Gasteiger partial charge in [0.15, 0.2) is 5.96 Å². The molecule has 124 valence electrons. The zero-order valence-corrected chi connectivity index (χ0v) is 16.1. The lowest BCUT2D eigenvalue weighted by Gasteiger charge is -2.34. The van der Waals surface area contributed by atoms with Crippen LogP contribution in [-0.4, -0.2) is 43.2 Å². The summed E-state index contributed by atoms with van der Waals surface area (Å²) in [5, 5.41) is 0. The van der Waals surface area contributed by atoms with Gasteiger partial charge in [0.25, 0.3) is 0 Å². The average molecular weight is 409 g/mol. The number of guanidine groups is 1. The highest BCUT2D eigenvalue weighted by molar-refractivity contribution is 14.0. The number of piperidine rings is 1. The van der Waals surface area contributed by atoms with E-state index in [4.69, 9.17) is 10.5 Å². The summed E-state index contributed by atoms with van der Waals surface area (Å²) >= 11 is 0. The Morgan fingerprint density at radius 1 is 1.29 bits per heavy atom. The summed E-state index contributed by atoms with van der Waals surface area (Å²) in [6.45, 7) is 10.6. The Morgan fingerprint density at radius 3 is 2.57 bits per heavy atom. The monoisotopic (exact) mass is 409 g/mol. The lowest BCUT2D eigenvalue weighted by molar-refractivity contribution is -0.0491. The predicted octanol–water partition coefficient (Wildman–Crippen LogP) is 3.10. The van der Waals surface area contributed by atoms with Crippen molar-refractivity contribution in [2.45, 2.75) is 52.6 Å². The van der Waals surface area contributed by atoms with E-state index in [2.05, 4.69) is 30.7 Å². The highest BCUT2D eigenvalue weighted by Crippen LogP contribution is 2.26. The third kappa shape index (κ3) is 5.58. The first kappa shape index (κ1) is 19.0. The number of hydrogen-bond donors (Lipinski definition) is 1. The molecule has 2 aliphatic heterocycles. The Kier molecular flexibility index (Phi) is 8.31. The van der Waals surface area contributed by atoms with Crippen LogP contribution in [0.2, 0.25) is 0 Å². The van der Waals surface area contributed by atoms with Crippen LogP contribution in [0.5, 0.6) is 0 Å². The molecule has 2 saturated heterocycles. The third-order valence-electron chi connectivity index (χ3n) is 4.75. The van der Waals surface area contributed by atoms with Gasteiger partial charge in [-0.25, -0.2) is 0 Å². The van der Waals surface area contributed by atoms with Crippen molar-refractivity contribution in [3.8, 4) is 0 Å². The van der Waals surface area contributed by atoms with Crippen molar-refractivity contribution < 1.29 is 4.74 Å². The van der Waals surface area contributed by atoms with Crippen LogP contribution in [0.3, 0.4) is 0 Å². The summed E-state index contributed by atoms with van der Waals surface area (Å²) in [4.78, 5) is 6.91. The maximum atomic E-state index is 6.17. The van der Waals surface area contributed by atoms with Gasteiger partial charge in [0.1, 0.15) is 0 Å². The second-order valence-corrected chi connectivity index (χ2v) is 6.85. The number of rotatable bonds is 3. The minimum atomic E-state index is 0. The maximum absolute atomic E-state index is 6.17. The molecular weight excluding hydrogens is 377 g/mol. The van der Waals surface area contributed by atoms with Crippen LogP contribution < -0.4 is 5.73 Å². The first-order valence-electron chi connectivity index (χ1n) is 8.24. The SMILES string of the molecule is CC1CCN(C(N)=NCC2CCCOC2C(C)C)CC1.I. The molecule has 2 heterocycles. The van der Waals surface area contributed by atoms with Gasteiger partial charge in [0.2, 0.25) is 0 Å². The van der Waals surface area contributed by atoms with Crippen LogP contribution >= 0.6 is 24.0 Å². The molecule has 21 heavy (non-hydrogen) atoms. The van der Waals surface area contributed by atoms with Crippen LogP contribution in [0.1, 0.15) is 46.5 Å². The Hall–Kier alpha value is -0.0400. The molecule has 0 aromatic heterocycles. The van der Waals surface area contributed by atoms with Crippen molar-refractivity contribution >= 4 is 29.9 Å². The van der Waals surface area contributed by atoms with Gasteiger partial charge in [0.05, 0.1) is 6.10 Å². The van der Waals surface area contributed by atoms with Gasteiger partial charge in [-0.3, -0.25) is 4.99 Å². The van der Waals surface area contributed by atoms with Gasteiger partial charge < -0.3 is 15.4 Å². The number of halogens is 1. The van der Waals surface area contributed by atoms with Crippen molar-refractivity contribution in [1.82, 2.24) is 4.90 Å². The van der Waals surface area contributed by atoms with Gasteiger partial charge in [-0.2, -0.15) is 0 Å². The molecule has 0 saturated carbocycles. The van der Waals surface area contributed by atoms with Crippen LogP contribution in [0.15, 0.2) is 4.99 Å². The number of ether oxygens (including phenoxy) is 1. The Labute approximate surface area is 146 Å². The molecule has 2 atom stereocenters. The fourth-order valence-corrected chi connectivity index (χ4v) is 3.35.